The molecule has 1 aromatic carbocycles. The van der Waals surface area contributed by atoms with Crippen LogP contribution in [0.25, 0.3) is 0 Å². The van der Waals surface area contributed by atoms with Crippen LogP contribution in [0.1, 0.15) is 54.9 Å². The zero-order valence-electron chi connectivity index (χ0n) is 11.8. The third kappa shape index (κ3) is 3.18. The summed E-state index contributed by atoms with van der Waals surface area (Å²) in [6.07, 6.45) is 4.24. The lowest BCUT2D eigenvalue weighted by Gasteiger charge is -2.29. The number of carbonyl (C=O) groups excluding carboxylic acids is 1. The molecule has 4 nitrogen and oxygen atoms in total. The highest BCUT2D eigenvalue weighted by Gasteiger charge is 2.37. The highest BCUT2D eigenvalue weighted by molar-refractivity contribution is 5.96. The van der Waals surface area contributed by atoms with Crippen molar-refractivity contribution in [2.75, 3.05) is 0 Å². The van der Waals surface area contributed by atoms with Crippen molar-refractivity contribution in [3.8, 4) is 0 Å². The van der Waals surface area contributed by atoms with Gasteiger partial charge in [0.2, 0.25) is 0 Å². The highest BCUT2D eigenvalue weighted by Crippen LogP contribution is 2.33. The number of carbonyl (C=O) groups is 2. The van der Waals surface area contributed by atoms with Gasteiger partial charge >= 0.3 is 5.97 Å². The van der Waals surface area contributed by atoms with E-state index in [0.717, 1.165) is 37.7 Å². The molecule has 2 rings (SSSR count). The minimum absolute atomic E-state index is 0.00698. The van der Waals surface area contributed by atoms with E-state index in [4.69, 9.17) is 5.11 Å². The first-order chi connectivity index (χ1) is 9.56. The van der Waals surface area contributed by atoms with Crippen molar-refractivity contribution in [3.63, 3.8) is 0 Å². The van der Waals surface area contributed by atoms with E-state index in [-0.39, 0.29) is 12.3 Å². The van der Waals surface area contributed by atoms with Crippen LogP contribution in [-0.4, -0.2) is 22.5 Å². The van der Waals surface area contributed by atoms with Gasteiger partial charge in [0.25, 0.3) is 5.91 Å². The summed E-state index contributed by atoms with van der Waals surface area (Å²) in [6, 6.07) is 7.50. The third-order valence-corrected chi connectivity index (χ3v) is 4.07. The van der Waals surface area contributed by atoms with Crippen molar-refractivity contribution in [2.45, 2.75) is 51.0 Å². The fourth-order valence-corrected chi connectivity index (χ4v) is 3.05. The van der Waals surface area contributed by atoms with Crippen LogP contribution in [0.15, 0.2) is 24.3 Å². The first-order valence-electron chi connectivity index (χ1n) is 7.18. The number of aryl methyl sites for hydroxylation is 1. The Bertz CT molecular complexity index is 504. The molecule has 0 saturated heterocycles. The number of carboxylic acids is 1. The van der Waals surface area contributed by atoms with Gasteiger partial charge in [0.05, 0.1) is 12.0 Å². The molecule has 0 atom stereocenters. The number of nitrogens with one attached hydrogen (secondary N) is 1. The topological polar surface area (TPSA) is 66.4 Å². The van der Waals surface area contributed by atoms with Gasteiger partial charge in [-0.25, -0.2) is 0 Å². The Morgan fingerprint density at radius 1 is 1.25 bits per heavy atom. The molecule has 1 fully saturated rings. The number of rotatable bonds is 5. The Morgan fingerprint density at radius 3 is 2.50 bits per heavy atom. The third-order valence-electron chi connectivity index (χ3n) is 4.07. The summed E-state index contributed by atoms with van der Waals surface area (Å²) in [6.45, 7) is 2.01. The number of hydrogen-bond donors (Lipinski definition) is 2. The zero-order chi connectivity index (χ0) is 14.6. The first-order valence-corrected chi connectivity index (χ1v) is 7.18. The van der Waals surface area contributed by atoms with Crippen LogP contribution in [-0.2, 0) is 11.2 Å². The van der Waals surface area contributed by atoms with Gasteiger partial charge in [-0.2, -0.15) is 0 Å². The molecule has 108 valence electrons. The molecule has 1 saturated carbocycles. The largest absolute Gasteiger partial charge is 0.481 e. The van der Waals surface area contributed by atoms with E-state index in [1.807, 2.05) is 25.1 Å². The maximum absolute atomic E-state index is 12.5. The van der Waals surface area contributed by atoms with Crippen molar-refractivity contribution in [1.29, 1.82) is 0 Å². The van der Waals surface area contributed by atoms with Gasteiger partial charge in [-0.3, -0.25) is 9.59 Å². The van der Waals surface area contributed by atoms with Crippen LogP contribution in [0.4, 0.5) is 0 Å². The number of aliphatic carboxylic acids is 1. The predicted octanol–water partition coefficient (Wildman–Crippen LogP) is 2.77. The maximum Gasteiger partial charge on any atom is 0.305 e. The fourth-order valence-electron chi connectivity index (χ4n) is 3.05. The lowest BCUT2D eigenvalue weighted by atomic mass is 9.92. The molecule has 0 heterocycles. The average molecular weight is 275 g/mol. The van der Waals surface area contributed by atoms with Crippen LogP contribution in [0, 0.1) is 0 Å². The van der Waals surface area contributed by atoms with Gasteiger partial charge in [0, 0.05) is 5.56 Å². The van der Waals surface area contributed by atoms with E-state index >= 15 is 0 Å². The molecule has 1 aromatic rings. The standard InChI is InChI=1S/C16H21NO3/c1-2-12-7-3-4-8-13(12)15(20)17-16(11-14(18)19)9-5-6-10-16/h3-4,7-8H,2,5-6,9-11H2,1H3,(H,17,20)(H,18,19). The van der Waals surface area contributed by atoms with Gasteiger partial charge in [-0.1, -0.05) is 38.0 Å². The van der Waals surface area contributed by atoms with E-state index in [9.17, 15) is 9.59 Å². The summed E-state index contributed by atoms with van der Waals surface area (Å²) in [4.78, 5) is 23.5. The molecule has 0 unspecified atom stereocenters. The predicted molar refractivity (Wildman–Crippen MR) is 76.7 cm³/mol. The fraction of sp³-hybridized carbons (Fsp3) is 0.500. The summed E-state index contributed by atoms with van der Waals surface area (Å²) >= 11 is 0. The summed E-state index contributed by atoms with van der Waals surface area (Å²) in [5.41, 5.74) is 1.09. The summed E-state index contributed by atoms with van der Waals surface area (Å²) in [5, 5.41) is 12.1. The lowest BCUT2D eigenvalue weighted by Crippen LogP contribution is -2.48. The second-order valence-corrected chi connectivity index (χ2v) is 5.52. The van der Waals surface area contributed by atoms with E-state index in [2.05, 4.69) is 5.32 Å². The quantitative estimate of drug-likeness (QED) is 0.868. The molecule has 1 aliphatic carbocycles. The maximum atomic E-state index is 12.5. The van der Waals surface area contributed by atoms with Crippen LogP contribution in [0.2, 0.25) is 0 Å². The first kappa shape index (κ1) is 14.6. The van der Waals surface area contributed by atoms with Crippen molar-refractivity contribution in [3.05, 3.63) is 35.4 Å². The monoisotopic (exact) mass is 275 g/mol. The Balaban J connectivity index is 2.18. The lowest BCUT2D eigenvalue weighted by molar-refractivity contribution is -0.138. The highest BCUT2D eigenvalue weighted by atomic mass is 16.4. The van der Waals surface area contributed by atoms with Crippen LogP contribution in [0.5, 0.6) is 0 Å². The van der Waals surface area contributed by atoms with E-state index < -0.39 is 11.5 Å². The van der Waals surface area contributed by atoms with Crippen molar-refractivity contribution >= 4 is 11.9 Å². The number of hydrogen-bond acceptors (Lipinski definition) is 2. The molecule has 0 spiro atoms. The van der Waals surface area contributed by atoms with E-state index in [0.29, 0.717) is 5.56 Å². The number of carboxylic acid groups (broad SMARTS) is 1. The van der Waals surface area contributed by atoms with Crippen molar-refractivity contribution in [1.82, 2.24) is 5.32 Å². The van der Waals surface area contributed by atoms with Crippen molar-refractivity contribution in [2.24, 2.45) is 0 Å². The van der Waals surface area contributed by atoms with E-state index in [1.54, 1.807) is 6.07 Å². The average Bonchev–Trinajstić information content (AvgIpc) is 2.85. The molecule has 20 heavy (non-hydrogen) atoms. The molecule has 0 aliphatic heterocycles. The Labute approximate surface area is 119 Å². The molecule has 0 aromatic heterocycles. The molecule has 0 radical (unpaired) electrons. The minimum Gasteiger partial charge on any atom is -0.481 e. The van der Waals surface area contributed by atoms with Crippen LogP contribution >= 0.6 is 0 Å². The van der Waals surface area contributed by atoms with Crippen LogP contribution < -0.4 is 5.32 Å². The molecule has 2 N–H and O–H groups in total. The Morgan fingerprint density at radius 2 is 1.90 bits per heavy atom. The zero-order valence-corrected chi connectivity index (χ0v) is 11.8. The van der Waals surface area contributed by atoms with Gasteiger partial charge in [-0.05, 0) is 30.9 Å². The molecule has 1 aliphatic rings. The number of benzene rings is 1. The number of amides is 1. The molecular formula is C16H21NO3. The molecular weight excluding hydrogens is 254 g/mol. The SMILES string of the molecule is CCc1ccccc1C(=O)NC1(CC(=O)O)CCCC1. The molecule has 4 heteroatoms. The molecule has 1 amide bonds. The summed E-state index contributed by atoms with van der Waals surface area (Å²) < 4.78 is 0. The van der Waals surface area contributed by atoms with Crippen LogP contribution in [0.3, 0.4) is 0 Å². The second kappa shape index (κ2) is 6.07. The van der Waals surface area contributed by atoms with Crippen molar-refractivity contribution < 1.29 is 14.7 Å². The summed E-state index contributed by atoms with van der Waals surface area (Å²) in [5.74, 6) is -0.999. The smallest absolute Gasteiger partial charge is 0.305 e. The Hall–Kier alpha value is -1.84. The second-order valence-electron chi connectivity index (χ2n) is 5.52. The molecule has 0 bridgehead atoms. The van der Waals surface area contributed by atoms with Gasteiger partial charge in [0.15, 0.2) is 0 Å². The Kier molecular flexibility index (Phi) is 4.42. The van der Waals surface area contributed by atoms with Gasteiger partial charge in [0.1, 0.15) is 0 Å². The van der Waals surface area contributed by atoms with Gasteiger partial charge in [-0.15, -0.1) is 0 Å². The normalized spacial score (nSPS) is 16.9. The summed E-state index contributed by atoms with van der Waals surface area (Å²) in [7, 11) is 0. The minimum atomic E-state index is -0.851. The van der Waals surface area contributed by atoms with E-state index in [1.165, 1.54) is 0 Å². The van der Waals surface area contributed by atoms with Gasteiger partial charge < -0.3 is 10.4 Å².